The van der Waals surface area contributed by atoms with Gasteiger partial charge in [-0.3, -0.25) is 4.79 Å². The Morgan fingerprint density at radius 1 is 1.45 bits per heavy atom. The summed E-state index contributed by atoms with van der Waals surface area (Å²) in [6.45, 7) is 0. The lowest BCUT2D eigenvalue weighted by Crippen LogP contribution is -2.33. The number of hydrogen-bond acceptors (Lipinski definition) is 2. The fourth-order valence-electron chi connectivity index (χ4n) is 1.32. The summed E-state index contributed by atoms with van der Waals surface area (Å²) < 4.78 is 12.7. The van der Waals surface area contributed by atoms with Crippen LogP contribution in [-0.4, -0.2) is 28.5 Å². The average molecular weight is 162 g/mol. The van der Waals surface area contributed by atoms with Gasteiger partial charge in [-0.05, 0) is 19.3 Å². The molecule has 11 heavy (non-hydrogen) atoms. The second kappa shape index (κ2) is 3.17. The lowest BCUT2D eigenvalue weighted by atomic mass is 9.86. The molecule has 64 valence electrons. The first-order valence-corrected chi connectivity index (χ1v) is 3.66. The molecule has 0 amide bonds. The first kappa shape index (κ1) is 8.46. The van der Waals surface area contributed by atoms with E-state index in [1.54, 1.807) is 0 Å². The van der Waals surface area contributed by atoms with Gasteiger partial charge in [0, 0.05) is 0 Å². The maximum Gasteiger partial charge on any atom is 0.306 e. The zero-order chi connectivity index (χ0) is 8.43. The van der Waals surface area contributed by atoms with Crippen molar-refractivity contribution in [3.05, 3.63) is 0 Å². The van der Waals surface area contributed by atoms with Gasteiger partial charge < -0.3 is 10.2 Å². The number of carboxylic acids is 1. The van der Waals surface area contributed by atoms with Crippen LogP contribution < -0.4 is 0 Å². The van der Waals surface area contributed by atoms with Crippen molar-refractivity contribution in [1.82, 2.24) is 0 Å². The molecule has 0 bridgehead atoms. The van der Waals surface area contributed by atoms with Crippen molar-refractivity contribution in [2.75, 3.05) is 0 Å². The SMILES string of the molecule is O=C(O)[C@@H]1CC[C@@H](O)C(F)C1. The predicted molar refractivity (Wildman–Crippen MR) is 35.9 cm³/mol. The Hall–Kier alpha value is -0.640. The summed E-state index contributed by atoms with van der Waals surface area (Å²) in [4.78, 5) is 10.4. The van der Waals surface area contributed by atoms with Gasteiger partial charge >= 0.3 is 5.97 Å². The lowest BCUT2D eigenvalue weighted by Gasteiger charge is -2.25. The number of aliphatic hydroxyl groups excluding tert-OH is 1. The monoisotopic (exact) mass is 162 g/mol. The molecule has 1 aliphatic rings. The summed E-state index contributed by atoms with van der Waals surface area (Å²) in [7, 11) is 0. The fraction of sp³-hybridized carbons (Fsp3) is 0.857. The number of aliphatic hydroxyl groups is 1. The molecule has 1 fully saturated rings. The van der Waals surface area contributed by atoms with Crippen molar-refractivity contribution in [3.63, 3.8) is 0 Å². The van der Waals surface area contributed by atoms with E-state index in [-0.39, 0.29) is 12.8 Å². The number of aliphatic carboxylic acids is 1. The highest BCUT2D eigenvalue weighted by molar-refractivity contribution is 5.70. The smallest absolute Gasteiger partial charge is 0.306 e. The van der Waals surface area contributed by atoms with Crippen LogP contribution in [0.2, 0.25) is 0 Å². The molecule has 1 rings (SSSR count). The Morgan fingerprint density at radius 3 is 2.55 bits per heavy atom. The van der Waals surface area contributed by atoms with E-state index < -0.39 is 24.2 Å². The van der Waals surface area contributed by atoms with Crippen LogP contribution in [0.1, 0.15) is 19.3 Å². The molecule has 0 aromatic heterocycles. The van der Waals surface area contributed by atoms with Gasteiger partial charge in [0.2, 0.25) is 0 Å². The standard InChI is InChI=1S/C7H11FO3/c8-5-3-4(7(10)11)1-2-6(5)9/h4-6,9H,1-3H2,(H,10,11)/t4-,5?,6-/m1/s1. The van der Waals surface area contributed by atoms with E-state index in [2.05, 4.69) is 0 Å². The van der Waals surface area contributed by atoms with E-state index in [9.17, 15) is 9.18 Å². The molecule has 1 aliphatic carbocycles. The molecule has 0 radical (unpaired) electrons. The quantitative estimate of drug-likeness (QED) is 0.592. The van der Waals surface area contributed by atoms with E-state index >= 15 is 0 Å². The van der Waals surface area contributed by atoms with Crippen LogP contribution in [0.5, 0.6) is 0 Å². The van der Waals surface area contributed by atoms with Crippen molar-refractivity contribution in [2.45, 2.75) is 31.5 Å². The molecule has 0 spiro atoms. The average Bonchev–Trinajstić information content (AvgIpc) is 1.94. The molecule has 3 atom stereocenters. The number of rotatable bonds is 1. The second-order valence-electron chi connectivity index (χ2n) is 2.93. The normalized spacial score (nSPS) is 38.5. The summed E-state index contributed by atoms with van der Waals surface area (Å²) in [6, 6.07) is 0. The predicted octanol–water partition coefficient (Wildman–Crippen LogP) is 0.570. The highest BCUT2D eigenvalue weighted by atomic mass is 19.1. The maximum absolute atomic E-state index is 12.7. The summed E-state index contributed by atoms with van der Waals surface area (Å²) in [5.41, 5.74) is 0. The van der Waals surface area contributed by atoms with Gasteiger partial charge in [0.05, 0.1) is 12.0 Å². The van der Waals surface area contributed by atoms with Crippen LogP contribution in [0.4, 0.5) is 4.39 Å². The zero-order valence-electron chi connectivity index (χ0n) is 6.03. The molecule has 4 heteroatoms. The second-order valence-corrected chi connectivity index (χ2v) is 2.93. The summed E-state index contributed by atoms with van der Waals surface area (Å²) >= 11 is 0. The largest absolute Gasteiger partial charge is 0.481 e. The molecule has 0 aliphatic heterocycles. The molecule has 1 saturated carbocycles. The third-order valence-corrected chi connectivity index (χ3v) is 2.09. The van der Waals surface area contributed by atoms with Gasteiger partial charge in [0.1, 0.15) is 6.17 Å². The number of halogens is 1. The Morgan fingerprint density at radius 2 is 2.09 bits per heavy atom. The zero-order valence-corrected chi connectivity index (χ0v) is 6.03. The molecular formula is C7H11FO3. The van der Waals surface area contributed by atoms with E-state index in [1.165, 1.54) is 0 Å². The summed E-state index contributed by atoms with van der Waals surface area (Å²) in [5.74, 6) is -1.56. The number of carbonyl (C=O) groups is 1. The van der Waals surface area contributed by atoms with Crippen LogP contribution in [0.25, 0.3) is 0 Å². The van der Waals surface area contributed by atoms with Crippen molar-refractivity contribution in [3.8, 4) is 0 Å². The third kappa shape index (κ3) is 1.89. The van der Waals surface area contributed by atoms with Crippen LogP contribution >= 0.6 is 0 Å². The van der Waals surface area contributed by atoms with Gasteiger partial charge in [-0.1, -0.05) is 0 Å². The maximum atomic E-state index is 12.7. The van der Waals surface area contributed by atoms with Crippen LogP contribution in [0, 0.1) is 5.92 Å². The van der Waals surface area contributed by atoms with Gasteiger partial charge in [-0.2, -0.15) is 0 Å². The fourth-order valence-corrected chi connectivity index (χ4v) is 1.32. The van der Waals surface area contributed by atoms with Crippen molar-refractivity contribution in [1.29, 1.82) is 0 Å². The number of hydrogen-bond donors (Lipinski definition) is 2. The highest BCUT2D eigenvalue weighted by Gasteiger charge is 2.32. The highest BCUT2D eigenvalue weighted by Crippen LogP contribution is 2.26. The Bertz CT molecular complexity index is 160. The van der Waals surface area contributed by atoms with Crippen LogP contribution in [0.3, 0.4) is 0 Å². The molecule has 0 heterocycles. The molecule has 0 aromatic carbocycles. The number of alkyl halides is 1. The van der Waals surface area contributed by atoms with E-state index in [4.69, 9.17) is 10.2 Å². The molecule has 2 N–H and O–H groups in total. The molecular weight excluding hydrogens is 151 g/mol. The Kier molecular flexibility index (Phi) is 2.44. The first-order chi connectivity index (χ1) is 5.11. The summed E-state index contributed by atoms with van der Waals surface area (Å²) in [6.07, 6.45) is -1.71. The van der Waals surface area contributed by atoms with Crippen molar-refractivity contribution < 1.29 is 19.4 Å². The summed E-state index contributed by atoms with van der Waals surface area (Å²) in [5, 5.41) is 17.4. The number of carboxylic acid groups (broad SMARTS) is 1. The van der Waals surface area contributed by atoms with Crippen LogP contribution in [-0.2, 0) is 4.79 Å². The van der Waals surface area contributed by atoms with Crippen LogP contribution in [0.15, 0.2) is 0 Å². The van der Waals surface area contributed by atoms with Crippen molar-refractivity contribution in [2.24, 2.45) is 5.92 Å². The van der Waals surface area contributed by atoms with E-state index in [1.807, 2.05) is 0 Å². The van der Waals surface area contributed by atoms with Gasteiger partial charge in [0.25, 0.3) is 0 Å². The molecule has 3 nitrogen and oxygen atoms in total. The van der Waals surface area contributed by atoms with Gasteiger partial charge in [0.15, 0.2) is 0 Å². The van der Waals surface area contributed by atoms with Gasteiger partial charge in [-0.25, -0.2) is 4.39 Å². The molecule has 0 aromatic rings. The minimum absolute atomic E-state index is 0.0451. The van der Waals surface area contributed by atoms with E-state index in [0.717, 1.165) is 0 Å². The minimum atomic E-state index is -1.36. The molecule has 0 saturated heterocycles. The third-order valence-electron chi connectivity index (χ3n) is 2.09. The lowest BCUT2D eigenvalue weighted by molar-refractivity contribution is -0.144. The van der Waals surface area contributed by atoms with Gasteiger partial charge in [-0.15, -0.1) is 0 Å². The Balaban J connectivity index is 2.46. The first-order valence-electron chi connectivity index (χ1n) is 3.66. The topological polar surface area (TPSA) is 57.5 Å². The molecule has 1 unspecified atom stereocenters. The van der Waals surface area contributed by atoms with E-state index in [0.29, 0.717) is 6.42 Å². The Labute approximate surface area is 63.8 Å². The minimum Gasteiger partial charge on any atom is -0.481 e. The van der Waals surface area contributed by atoms with Crippen molar-refractivity contribution >= 4 is 5.97 Å².